The maximum absolute atomic E-state index is 11.4. The second kappa shape index (κ2) is 8.98. The van der Waals surface area contributed by atoms with Gasteiger partial charge < -0.3 is 19.7 Å². The average Bonchev–Trinajstić information content (AvgIpc) is 3.40. The van der Waals surface area contributed by atoms with Crippen LogP contribution in [0.2, 0.25) is 5.02 Å². The second-order valence-corrected chi connectivity index (χ2v) is 8.35. The molecule has 0 amide bonds. The first kappa shape index (κ1) is 21.2. The summed E-state index contributed by atoms with van der Waals surface area (Å²) in [6.45, 7) is 3.88. The highest BCUT2D eigenvalue weighted by Gasteiger charge is 2.32. The number of carboxylic acids is 1. The van der Waals surface area contributed by atoms with E-state index >= 15 is 0 Å². The predicted molar refractivity (Wildman–Crippen MR) is 118 cm³/mol. The van der Waals surface area contributed by atoms with E-state index in [0.717, 1.165) is 29.7 Å². The molecule has 1 aromatic heterocycles. The molecule has 2 aromatic carbocycles. The number of aromatic nitrogens is 2. The molecule has 4 rings (SSSR count). The molecule has 31 heavy (non-hydrogen) atoms. The third kappa shape index (κ3) is 4.82. The van der Waals surface area contributed by atoms with Crippen LogP contribution >= 0.6 is 11.6 Å². The zero-order valence-corrected chi connectivity index (χ0v) is 18.1. The van der Waals surface area contributed by atoms with Crippen LogP contribution in [0.4, 0.5) is 5.69 Å². The van der Waals surface area contributed by atoms with Gasteiger partial charge in [0.2, 0.25) is 5.82 Å². The van der Waals surface area contributed by atoms with Crippen molar-refractivity contribution in [2.75, 3.05) is 5.32 Å². The van der Waals surface area contributed by atoms with E-state index in [1.54, 1.807) is 12.1 Å². The normalized spacial score (nSPS) is 18.3. The van der Waals surface area contributed by atoms with Crippen molar-refractivity contribution in [3.05, 3.63) is 47.5 Å². The summed E-state index contributed by atoms with van der Waals surface area (Å²) in [5, 5.41) is 17.2. The number of hydrogen-bond acceptors (Lipinski definition) is 6. The Balaban J connectivity index is 1.47. The van der Waals surface area contributed by atoms with E-state index in [4.69, 9.17) is 20.9 Å². The van der Waals surface area contributed by atoms with Crippen molar-refractivity contribution >= 4 is 23.3 Å². The van der Waals surface area contributed by atoms with E-state index < -0.39 is 5.97 Å². The Hall–Kier alpha value is -3.06. The highest BCUT2D eigenvalue weighted by molar-refractivity contribution is 6.32. The van der Waals surface area contributed by atoms with E-state index in [1.807, 2.05) is 44.2 Å². The number of carbonyl (C=O) groups is 1. The lowest BCUT2D eigenvalue weighted by Gasteiger charge is -2.18. The number of aliphatic carboxylic acids is 1. The van der Waals surface area contributed by atoms with Gasteiger partial charge in [0.25, 0.3) is 5.89 Å². The maximum atomic E-state index is 11.4. The molecule has 2 N–H and O–H groups in total. The van der Waals surface area contributed by atoms with Crippen molar-refractivity contribution in [3.8, 4) is 28.6 Å². The first-order valence-corrected chi connectivity index (χ1v) is 10.7. The Kier molecular flexibility index (Phi) is 6.13. The molecule has 1 heterocycles. The lowest BCUT2D eigenvalue weighted by atomic mass is 10.0. The van der Waals surface area contributed by atoms with Crippen molar-refractivity contribution in [2.24, 2.45) is 5.92 Å². The van der Waals surface area contributed by atoms with Crippen molar-refractivity contribution in [3.63, 3.8) is 0 Å². The fraction of sp³-hybridized carbons (Fsp3) is 0.348. The standard InChI is InChI=1S/C23H24ClN3O4/c1-13(2)30-20-11-8-15(12-18(20)24)21-26-22(31-27-21)14-6-9-16(10-7-14)25-19-5-3-4-17(19)23(28)29/h6-13,17,19,25H,3-5H2,1-2H3,(H,28,29). The van der Waals surface area contributed by atoms with Gasteiger partial charge in [-0.1, -0.05) is 23.2 Å². The number of nitrogens with one attached hydrogen (secondary N) is 1. The van der Waals surface area contributed by atoms with Crippen LogP contribution < -0.4 is 10.1 Å². The minimum atomic E-state index is -0.742. The van der Waals surface area contributed by atoms with Gasteiger partial charge in [0.05, 0.1) is 17.0 Å². The van der Waals surface area contributed by atoms with E-state index in [-0.39, 0.29) is 18.1 Å². The topological polar surface area (TPSA) is 97.5 Å². The largest absolute Gasteiger partial charge is 0.489 e. The Morgan fingerprint density at radius 3 is 2.61 bits per heavy atom. The SMILES string of the molecule is CC(C)Oc1ccc(-c2noc(-c3ccc(NC4CCCC4C(=O)O)cc3)n2)cc1Cl. The van der Waals surface area contributed by atoms with Crippen LogP contribution in [0.5, 0.6) is 5.75 Å². The number of anilines is 1. The zero-order valence-electron chi connectivity index (χ0n) is 17.3. The Morgan fingerprint density at radius 1 is 1.19 bits per heavy atom. The van der Waals surface area contributed by atoms with E-state index in [9.17, 15) is 9.90 Å². The quantitative estimate of drug-likeness (QED) is 0.498. The van der Waals surface area contributed by atoms with Gasteiger partial charge in [-0.05, 0) is 69.2 Å². The van der Waals surface area contributed by atoms with E-state index in [1.165, 1.54) is 0 Å². The van der Waals surface area contributed by atoms with E-state index in [2.05, 4.69) is 15.5 Å². The number of halogens is 1. The number of carboxylic acid groups (broad SMARTS) is 1. The van der Waals surface area contributed by atoms with Crippen molar-refractivity contribution in [2.45, 2.75) is 45.3 Å². The maximum Gasteiger partial charge on any atom is 0.308 e. The molecule has 1 fully saturated rings. The number of nitrogens with zero attached hydrogens (tertiary/aromatic N) is 2. The van der Waals surface area contributed by atoms with E-state index in [0.29, 0.717) is 28.9 Å². The van der Waals surface area contributed by atoms with Crippen LogP contribution in [-0.4, -0.2) is 33.4 Å². The summed E-state index contributed by atoms with van der Waals surface area (Å²) >= 11 is 6.31. The minimum Gasteiger partial charge on any atom is -0.489 e. The third-order valence-electron chi connectivity index (χ3n) is 5.30. The van der Waals surface area contributed by atoms with Gasteiger partial charge in [-0.2, -0.15) is 4.98 Å². The summed E-state index contributed by atoms with van der Waals surface area (Å²) in [6.07, 6.45) is 2.52. The number of rotatable bonds is 7. The van der Waals surface area contributed by atoms with Gasteiger partial charge >= 0.3 is 5.97 Å². The molecule has 1 aliphatic rings. The van der Waals surface area contributed by atoms with Gasteiger partial charge in [0, 0.05) is 22.9 Å². The molecular formula is C23H24ClN3O4. The summed E-state index contributed by atoms with van der Waals surface area (Å²) in [4.78, 5) is 15.8. The molecule has 3 aromatic rings. The van der Waals surface area contributed by atoms with Crippen molar-refractivity contribution in [1.29, 1.82) is 0 Å². The fourth-order valence-electron chi connectivity index (χ4n) is 3.80. The van der Waals surface area contributed by atoms with Gasteiger partial charge in [-0.15, -0.1) is 0 Å². The molecule has 8 heteroatoms. The molecule has 162 valence electrons. The number of benzene rings is 2. The highest BCUT2D eigenvalue weighted by atomic mass is 35.5. The smallest absolute Gasteiger partial charge is 0.308 e. The van der Waals surface area contributed by atoms with Crippen LogP contribution in [-0.2, 0) is 4.79 Å². The molecular weight excluding hydrogens is 418 g/mol. The monoisotopic (exact) mass is 441 g/mol. The molecule has 1 saturated carbocycles. The van der Waals surface area contributed by atoms with Gasteiger partial charge in [0.1, 0.15) is 5.75 Å². The van der Waals surface area contributed by atoms with Crippen LogP contribution in [0.15, 0.2) is 47.0 Å². The summed E-state index contributed by atoms with van der Waals surface area (Å²) < 4.78 is 11.1. The molecule has 7 nitrogen and oxygen atoms in total. The third-order valence-corrected chi connectivity index (χ3v) is 5.59. The molecule has 0 bridgehead atoms. The first-order chi connectivity index (χ1) is 14.9. The predicted octanol–water partition coefficient (Wildman–Crippen LogP) is 5.51. The molecule has 2 unspecified atom stereocenters. The fourth-order valence-corrected chi connectivity index (χ4v) is 4.02. The molecule has 0 spiro atoms. The minimum absolute atomic E-state index is 0.0290. The molecule has 1 aliphatic carbocycles. The van der Waals surface area contributed by atoms with Crippen LogP contribution in [0.1, 0.15) is 33.1 Å². The summed E-state index contributed by atoms with van der Waals surface area (Å²) in [6, 6.07) is 12.9. The van der Waals surface area contributed by atoms with Crippen molar-refractivity contribution in [1.82, 2.24) is 10.1 Å². The second-order valence-electron chi connectivity index (χ2n) is 7.94. The summed E-state index contributed by atoms with van der Waals surface area (Å²) in [5.41, 5.74) is 2.38. The molecule has 2 atom stereocenters. The Morgan fingerprint density at radius 2 is 1.94 bits per heavy atom. The molecule has 0 saturated heterocycles. The molecule has 0 radical (unpaired) electrons. The van der Waals surface area contributed by atoms with Gasteiger partial charge in [-0.3, -0.25) is 4.79 Å². The average molecular weight is 442 g/mol. The van der Waals surface area contributed by atoms with Crippen molar-refractivity contribution < 1.29 is 19.2 Å². The van der Waals surface area contributed by atoms with Crippen LogP contribution in [0.25, 0.3) is 22.8 Å². The number of hydrogen-bond donors (Lipinski definition) is 2. The Bertz CT molecular complexity index is 1060. The first-order valence-electron chi connectivity index (χ1n) is 10.3. The summed E-state index contributed by atoms with van der Waals surface area (Å²) in [5.74, 6) is 0.353. The highest BCUT2D eigenvalue weighted by Crippen LogP contribution is 2.32. The zero-order chi connectivity index (χ0) is 22.0. The molecule has 0 aliphatic heterocycles. The van der Waals surface area contributed by atoms with Gasteiger partial charge in [-0.25, -0.2) is 0 Å². The Labute approximate surface area is 185 Å². The number of ether oxygens (including phenoxy) is 1. The van der Waals surface area contributed by atoms with Crippen LogP contribution in [0.3, 0.4) is 0 Å². The van der Waals surface area contributed by atoms with Gasteiger partial charge in [0.15, 0.2) is 0 Å². The summed E-state index contributed by atoms with van der Waals surface area (Å²) in [7, 11) is 0. The lowest BCUT2D eigenvalue weighted by molar-refractivity contribution is -0.141. The lowest BCUT2D eigenvalue weighted by Crippen LogP contribution is -2.29. The van der Waals surface area contributed by atoms with Crippen LogP contribution in [0, 0.1) is 5.92 Å².